The molecule has 0 amide bonds. The average molecular weight is 145 g/mol. The molecular weight excluding hydrogens is 126 g/mol. The molecule has 0 aromatic heterocycles. The van der Waals surface area contributed by atoms with Gasteiger partial charge in [0.1, 0.15) is 5.78 Å². The van der Waals surface area contributed by atoms with Gasteiger partial charge in [-0.1, -0.05) is 26.7 Å². The summed E-state index contributed by atoms with van der Waals surface area (Å²) in [7, 11) is 1.75. The van der Waals surface area contributed by atoms with Crippen molar-refractivity contribution in [3.05, 3.63) is 0 Å². The lowest BCUT2D eigenvalue weighted by molar-refractivity contribution is -0.116. The van der Waals surface area contributed by atoms with Crippen molar-refractivity contribution in [2.24, 2.45) is 0 Å². The number of rotatable bonds is 3. The highest BCUT2D eigenvalue weighted by molar-refractivity contribution is 5.77. The van der Waals surface area contributed by atoms with Crippen LogP contribution in [-0.2, 0) is 4.79 Å². The summed E-state index contributed by atoms with van der Waals surface area (Å²) in [6.07, 6.45) is 2.64. The molecular formula is C8H19NO. The molecule has 0 unspecified atom stereocenters. The average Bonchev–Trinajstić information content (AvgIpc) is 1.89. The summed E-state index contributed by atoms with van der Waals surface area (Å²) >= 11 is 0. The molecule has 0 aromatic rings. The van der Waals surface area contributed by atoms with E-state index >= 15 is 0 Å². The number of hydrogen-bond acceptors (Lipinski definition) is 2. The van der Waals surface area contributed by atoms with Crippen LogP contribution in [0, 0.1) is 0 Å². The molecule has 62 valence electrons. The molecule has 0 fully saturated rings. The molecule has 10 heavy (non-hydrogen) atoms. The van der Waals surface area contributed by atoms with Crippen LogP contribution in [0.15, 0.2) is 0 Å². The highest BCUT2D eigenvalue weighted by Crippen LogP contribution is 1.76. The summed E-state index contributed by atoms with van der Waals surface area (Å²) in [5, 5.41) is 2.72. The molecule has 0 bridgehead atoms. The second kappa shape index (κ2) is 11.4. The third-order valence-electron chi connectivity index (χ3n) is 0.926. The lowest BCUT2D eigenvalue weighted by atomic mass is 10.4. The minimum absolute atomic E-state index is 0.178. The maximum atomic E-state index is 9.98. The van der Waals surface area contributed by atoms with Crippen molar-refractivity contribution < 1.29 is 4.79 Å². The Bertz CT molecular complexity index is 69.7. The van der Waals surface area contributed by atoms with Crippen LogP contribution in [0.4, 0.5) is 0 Å². The zero-order valence-corrected chi connectivity index (χ0v) is 7.53. The maximum absolute atomic E-state index is 9.98. The number of hydrogen-bond donors (Lipinski definition) is 1. The summed E-state index contributed by atoms with van der Waals surface area (Å²) in [6, 6.07) is 0. The standard InChI is InChI=1S/C4H9NO.C4H10/c1-4(6)3-5-2;1-3-4-2/h5H,3H2,1-2H3;3-4H2,1-2H3. The van der Waals surface area contributed by atoms with Crippen LogP contribution < -0.4 is 5.32 Å². The lowest BCUT2D eigenvalue weighted by Gasteiger charge is -1.85. The Morgan fingerprint density at radius 3 is 1.70 bits per heavy atom. The number of carbonyl (C=O) groups excluding carboxylic acids is 1. The Morgan fingerprint density at radius 2 is 1.70 bits per heavy atom. The van der Waals surface area contributed by atoms with E-state index in [0.29, 0.717) is 6.54 Å². The minimum atomic E-state index is 0.178. The van der Waals surface area contributed by atoms with E-state index in [1.54, 1.807) is 14.0 Å². The van der Waals surface area contributed by atoms with Crippen LogP contribution in [0.1, 0.15) is 33.6 Å². The predicted octanol–water partition coefficient (Wildman–Crippen LogP) is 1.60. The van der Waals surface area contributed by atoms with E-state index in [2.05, 4.69) is 19.2 Å². The number of nitrogens with one attached hydrogen (secondary N) is 1. The molecule has 0 heterocycles. The summed E-state index contributed by atoms with van der Waals surface area (Å²) in [5.41, 5.74) is 0. The van der Waals surface area contributed by atoms with Crippen molar-refractivity contribution >= 4 is 5.78 Å². The van der Waals surface area contributed by atoms with E-state index in [-0.39, 0.29) is 5.78 Å². The van der Waals surface area contributed by atoms with Gasteiger partial charge in [-0.25, -0.2) is 0 Å². The van der Waals surface area contributed by atoms with Gasteiger partial charge in [-0.05, 0) is 14.0 Å². The van der Waals surface area contributed by atoms with Crippen LogP contribution in [0.2, 0.25) is 0 Å². The van der Waals surface area contributed by atoms with Gasteiger partial charge in [-0.2, -0.15) is 0 Å². The highest BCUT2D eigenvalue weighted by atomic mass is 16.1. The Kier molecular flexibility index (Phi) is 14.1. The molecule has 0 aliphatic rings. The van der Waals surface area contributed by atoms with Crippen LogP contribution in [0.3, 0.4) is 0 Å². The zero-order chi connectivity index (χ0) is 8.41. The van der Waals surface area contributed by atoms with Crippen LogP contribution in [-0.4, -0.2) is 19.4 Å². The molecule has 0 aliphatic carbocycles. The quantitative estimate of drug-likeness (QED) is 0.653. The van der Waals surface area contributed by atoms with Crippen molar-refractivity contribution in [1.29, 1.82) is 0 Å². The van der Waals surface area contributed by atoms with Crippen LogP contribution in [0.5, 0.6) is 0 Å². The first kappa shape index (κ1) is 12.3. The Morgan fingerprint density at radius 1 is 1.30 bits per heavy atom. The fourth-order valence-electron chi connectivity index (χ4n) is 0.249. The summed E-state index contributed by atoms with van der Waals surface area (Å²) in [4.78, 5) is 9.98. The van der Waals surface area contributed by atoms with Gasteiger partial charge in [0.05, 0.1) is 6.54 Å². The van der Waals surface area contributed by atoms with Gasteiger partial charge in [-0.15, -0.1) is 0 Å². The SMILES string of the molecule is CCCC.CNCC(C)=O. The van der Waals surface area contributed by atoms with Gasteiger partial charge in [0.25, 0.3) is 0 Å². The Hall–Kier alpha value is -0.370. The lowest BCUT2D eigenvalue weighted by Crippen LogP contribution is -2.14. The van der Waals surface area contributed by atoms with E-state index in [1.807, 2.05) is 0 Å². The molecule has 0 saturated heterocycles. The Balaban J connectivity index is 0. The summed E-state index contributed by atoms with van der Waals surface area (Å²) in [6.45, 7) is 6.40. The molecule has 0 aromatic carbocycles. The molecule has 0 saturated carbocycles. The van der Waals surface area contributed by atoms with E-state index in [1.165, 1.54) is 12.8 Å². The molecule has 0 atom stereocenters. The van der Waals surface area contributed by atoms with Gasteiger partial charge in [-0.3, -0.25) is 4.79 Å². The molecule has 0 spiro atoms. The van der Waals surface area contributed by atoms with E-state index < -0.39 is 0 Å². The first-order chi connectivity index (χ1) is 4.68. The van der Waals surface area contributed by atoms with Gasteiger partial charge >= 0.3 is 0 Å². The molecule has 0 rings (SSSR count). The molecule has 2 heteroatoms. The van der Waals surface area contributed by atoms with Gasteiger partial charge in [0.2, 0.25) is 0 Å². The Labute approximate surface area is 64.0 Å². The second-order valence-electron chi connectivity index (χ2n) is 2.23. The summed E-state index contributed by atoms with van der Waals surface area (Å²) < 4.78 is 0. The van der Waals surface area contributed by atoms with Gasteiger partial charge < -0.3 is 5.32 Å². The molecule has 2 nitrogen and oxygen atoms in total. The topological polar surface area (TPSA) is 29.1 Å². The molecule has 1 N–H and O–H groups in total. The minimum Gasteiger partial charge on any atom is -0.313 e. The van der Waals surface area contributed by atoms with Crippen LogP contribution >= 0.6 is 0 Å². The van der Waals surface area contributed by atoms with Gasteiger partial charge in [0.15, 0.2) is 0 Å². The summed E-state index contributed by atoms with van der Waals surface area (Å²) in [5.74, 6) is 0.178. The molecule has 0 radical (unpaired) electrons. The van der Waals surface area contributed by atoms with Crippen molar-refractivity contribution in [3.8, 4) is 0 Å². The number of Topliss-reactive ketones (excluding diaryl/α,β-unsaturated/α-hetero) is 1. The van der Waals surface area contributed by atoms with Crippen molar-refractivity contribution in [1.82, 2.24) is 5.32 Å². The van der Waals surface area contributed by atoms with Crippen molar-refractivity contribution in [2.45, 2.75) is 33.6 Å². The first-order valence-electron chi connectivity index (χ1n) is 3.83. The number of likely N-dealkylation sites (N-methyl/N-ethyl adjacent to an activating group) is 1. The number of carbonyl (C=O) groups is 1. The van der Waals surface area contributed by atoms with Gasteiger partial charge in [0, 0.05) is 0 Å². The normalized spacial score (nSPS) is 8.00. The fraction of sp³-hybridized carbons (Fsp3) is 0.875. The van der Waals surface area contributed by atoms with E-state index in [4.69, 9.17) is 0 Å². The van der Waals surface area contributed by atoms with E-state index in [9.17, 15) is 4.79 Å². The van der Waals surface area contributed by atoms with E-state index in [0.717, 1.165) is 0 Å². The number of ketones is 1. The second-order valence-corrected chi connectivity index (χ2v) is 2.23. The monoisotopic (exact) mass is 145 g/mol. The largest absolute Gasteiger partial charge is 0.313 e. The first-order valence-corrected chi connectivity index (χ1v) is 3.83. The third-order valence-corrected chi connectivity index (χ3v) is 0.926. The van der Waals surface area contributed by atoms with Crippen LogP contribution in [0.25, 0.3) is 0 Å². The fourth-order valence-corrected chi connectivity index (χ4v) is 0.249. The maximum Gasteiger partial charge on any atom is 0.143 e. The molecule has 0 aliphatic heterocycles. The number of unbranched alkanes of at least 4 members (excludes halogenated alkanes) is 1. The third kappa shape index (κ3) is 25.5. The van der Waals surface area contributed by atoms with Crippen molar-refractivity contribution in [2.75, 3.05) is 13.6 Å². The highest BCUT2D eigenvalue weighted by Gasteiger charge is 1.82. The zero-order valence-electron chi connectivity index (χ0n) is 7.53. The predicted molar refractivity (Wildman–Crippen MR) is 45.2 cm³/mol. The van der Waals surface area contributed by atoms with Crippen molar-refractivity contribution in [3.63, 3.8) is 0 Å². The smallest absolute Gasteiger partial charge is 0.143 e.